The summed E-state index contributed by atoms with van der Waals surface area (Å²) in [5, 5.41) is 16.2. The molecule has 4 aromatic carbocycles. The summed E-state index contributed by atoms with van der Waals surface area (Å²) < 4.78 is 37.8. The highest BCUT2D eigenvalue weighted by molar-refractivity contribution is 9.10. The van der Waals surface area contributed by atoms with Crippen LogP contribution in [0.15, 0.2) is 83.7 Å². The molecule has 1 atom stereocenters. The maximum atomic E-state index is 15.7. The van der Waals surface area contributed by atoms with Gasteiger partial charge in [-0.25, -0.2) is 9.37 Å². The number of methoxy groups -OCH3 is 1. The molecule has 3 fully saturated rings. The van der Waals surface area contributed by atoms with Crippen molar-refractivity contribution in [1.29, 1.82) is 0 Å². The lowest BCUT2D eigenvalue weighted by Gasteiger charge is -2.43. The Morgan fingerprint density at radius 1 is 0.875 bits per heavy atom. The molecule has 10 rings (SSSR count). The van der Waals surface area contributed by atoms with Crippen LogP contribution in [0.3, 0.4) is 0 Å². The number of piperidine rings is 2. The van der Waals surface area contributed by atoms with Crippen molar-refractivity contribution in [1.82, 2.24) is 34.9 Å². The summed E-state index contributed by atoms with van der Waals surface area (Å²) in [5.74, 6) is -1.66. The molecule has 0 bridgehead atoms. The number of amides is 4. The number of nitrogens with zero attached hydrogens (tertiary/aromatic N) is 8. The van der Waals surface area contributed by atoms with Gasteiger partial charge < -0.3 is 29.7 Å². The molecule has 6 heterocycles. The van der Waals surface area contributed by atoms with Gasteiger partial charge >= 0.3 is 0 Å². The van der Waals surface area contributed by atoms with Crippen molar-refractivity contribution in [3.63, 3.8) is 0 Å². The third-order valence-electron chi connectivity index (χ3n) is 14.6. The summed E-state index contributed by atoms with van der Waals surface area (Å²) in [4.78, 5) is 68.2. The topological polar surface area (TPSA) is 187 Å². The molecule has 0 spiro atoms. The van der Waals surface area contributed by atoms with E-state index in [0.29, 0.717) is 46.5 Å². The molecule has 20 heteroatoms. The number of fused-ring (bicyclic) bond motifs is 2. The third-order valence-corrected chi connectivity index (χ3v) is 16.7. The van der Waals surface area contributed by atoms with E-state index in [1.807, 2.05) is 60.7 Å². The summed E-state index contributed by atoms with van der Waals surface area (Å²) in [5.41, 5.74) is 4.61. The lowest BCUT2D eigenvalue weighted by Crippen LogP contribution is -2.54. The Kier molecular flexibility index (Phi) is 13.2. The molecule has 4 aliphatic rings. The third kappa shape index (κ3) is 9.56. The van der Waals surface area contributed by atoms with E-state index < -0.39 is 42.6 Å². The monoisotopic (exact) mass is 1060 g/mol. The number of piperazine rings is 1. The molecular weight excluding hydrogens is 1000 g/mol. The highest BCUT2D eigenvalue weighted by Crippen LogP contribution is 2.44. The van der Waals surface area contributed by atoms with Crippen LogP contribution in [0.5, 0.6) is 5.75 Å². The van der Waals surface area contributed by atoms with Gasteiger partial charge in [0.25, 0.3) is 11.8 Å². The van der Waals surface area contributed by atoms with Crippen molar-refractivity contribution in [2.45, 2.75) is 45.1 Å². The van der Waals surface area contributed by atoms with Crippen LogP contribution in [0, 0.1) is 11.2 Å². The number of anilines is 6. The average Bonchev–Trinajstić information content (AvgIpc) is 3.90. The van der Waals surface area contributed by atoms with Gasteiger partial charge in [-0.15, -0.1) is 0 Å². The second-order valence-corrected chi connectivity index (χ2v) is 23.8. The van der Waals surface area contributed by atoms with Crippen molar-refractivity contribution in [3.05, 3.63) is 101 Å². The maximum absolute atomic E-state index is 15.7. The molecule has 1 unspecified atom stereocenters. The van der Waals surface area contributed by atoms with Gasteiger partial charge in [-0.05, 0) is 102 Å². The van der Waals surface area contributed by atoms with Gasteiger partial charge in [-0.2, -0.15) is 10.1 Å². The van der Waals surface area contributed by atoms with E-state index in [-0.39, 0.29) is 35.1 Å². The van der Waals surface area contributed by atoms with Crippen molar-refractivity contribution in [2.75, 3.05) is 86.7 Å². The molecule has 0 radical (unpaired) electrons. The van der Waals surface area contributed by atoms with E-state index in [9.17, 15) is 23.7 Å². The van der Waals surface area contributed by atoms with E-state index >= 15 is 4.39 Å². The van der Waals surface area contributed by atoms with Crippen LogP contribution in [0.4, 0.5) is 38.9 Å². The number of carbonyl (C=O) groups excluding carboxylic acids is 4. The zero-order valence-corrected chi connectivity index (χ0v) is 43.3. The second-order valence-electron chi connectivity index (χ2n) is 19.8. The summed E-state index contributed by atoms with van der Waals surface area (Å²) in [6.45, 7) is 11.2. The number of rotatable bonds is 13. The quantitative estimate of drug-likeness (QED) is 0.0749. The molecule has 0 aliphatic carbocycles. The highest BCUT2D eigenvalue weighted by Gasteiger charge is 2.46. The Morgan fingerprint density at radius 3 is 2.29 bits per heavy atom. The van der Waals surface area contributed by atoms with Gasteiger partial charge in [0.05, 0.1) is 46.0 Å². The summed E-state index contributed by atoms with van der Waals surface area (Å²) in [7, 11) is 0.815. The number of ether oxygens (including phenoxy) is 1. The standard InChI is InChI=1S/C52H56BrFN11O6P/c1-52(15-18-63(19-16-52)43-26-36-35(24-38(43)54)49(68)65(50(36)69)41-12-13-45(66)59-48(41)67)14-17-62-20-22-64(23-21-62)42-27-44(71-3)40(25-34(42)32-28-56-61(2)30-32)58-51-55-29-37(53)47(60-51)57-39-11-10-31-8-6-7-9-33(31)46(39)72(4,5)70/h6-11,24-30,41H,12-23H2,1-5H3,(H,59,66,67)(H2,55,57,58,60). The van der Waals surface area contributed by atoms with E-state index in [1.165, 1.54) is 6.07 Å². The number of carbonyl (C=O) groups is 4. The van der Waals surface area contributed by atoms with Crippen LogP contribution in [0.2, 0.25) is 0 Å². The fourth-order valence-corrected chi connectivity index (χ4v) is 12.3. The fraction of sp³-hybridized carbons (Fsp3) is 0.365. The van der Waals surface area contributed by atoms with Crippen molar-refractivity contribution in [2.24, 2.45) is 12.5 Å². The zero-order valence-electron chi connectivity index (χ0n) is 40.8. The SMILES string of the molecule is COc1cc(N2CCN(CCC3(C)CCN(c4cc5c(cc4F)C(=O)N(C4CCC(=O)NC4=O)C5=O)CC3)CC2)c(-c2cnn(C)c2)cc1Nc1ncc(Br)c(Nc2ccc3ccccc3c2P(C)(C)=O)n1. The smallest absolute Gasteiger partial charge is 0.262 e. The van der Waals surface area contributed by atoms with Gasteiger partial charge in [0.1, 0.15) is 30.6 Å². The predicted octanol–water partition coefficient (Wildman–Crippen LogP) is 7.90. The lowest BCUT2D eigenvalue weighted by molar-refractivity contribution is -0.136. The van der Waals surface area contributed by atoms with E-state index in [4.69, 9.17) is 9.72 Å². The summed E-state index contributed by atoms with van der Waals surface area (Å²) in [6, 6.07) is 17.4. The lowest BCUT2D eigenvalue weighted by atomic mass is 9.77. The van der Waals surface area contributed by atoms with Crippen molar-refractivity contribution >= 4 is 97.3 Å². The van der Waals surface area contributed by atoms with Gasteiger partial charge in [-0.3, -0.25) is 39.0 Å². The van der Waals surface area contributed by atoms with E-state index in [1.54, 1.807) is 31.3 Å². The number of halogens is 2. The molecule has 374 valence electrons. The fourth-order valence-electron chi connectivity index (χ4n) is 10.5. The Bertz CT molecular complexity index is 3220. The van der Waals surface area contributed by atoms with Gasteiger partial charge in [0, 0.05) is 93.3 Å². The van der Waals surface area contributed by atoms with Crippen LogP contribution in [-0.4, -0.2) is 125 Å². The van der Waals surface area contributed by atoms with Crippen LogP contribution in [0.25, 0.3) is 21.9 Å². The van der Waals surface area contributed by atoms with Crippen LogP contribution < -0.4 is 35.8 Å². The maximum Gasteiger partial charge on any atom is 0.262 e. The normalized spacial score (nSPS) is 18.4. The van der Waals surface area contributed by atoms with E-state index in [2.05, 4.69) is 70.8 Å². The minimum atomic E-state index is -2.73. The Balaban J connectivity index is 0.794. The Labute approximate surface area is 425 Å². The minimum Gasteiger partial charge on any atom is -0.494 e. The molecule has 2 aromatic heterocycles. The number of benzene rings is 4. The van der Waals surface area contributed by atoms with Gasteiger partial charge in [0.15, 0.2) is 0 Å². The molecule has 72 heavy (non-hydrogen) atoms. The largest absolute Gasteiger partial charge is 0.494 e. The number of nitrogens with one attached hydrogen (secondary N) is 3. The number of hydrogen-bond donors (Lipinski definition) is 3. The molecule has 3 saturated heterocycles. The zero-order chi connectivity index (χ0) is 50.6. The second kappa shape index (κ2) is 19.4. The van der Waals surface area contributed by atoms with Crippen LogP contribution in [0.1, 0.15) is 59.7 Å². The van der Waals surface area contributed by atoms with Gasteiger partial charge in [-0.1, -0.05) is 37.3 Å². The minimum absolute atomic E-state index is 0.0106. The van der Waals surface area contributed by atoms with E-state index in [0.717, 1.165) is 95.8 Å². The molecule has 4 aliphatic heterocycles. The molecule has 4 amide bonds. The predicted molar refractivity (Wildman–Crippen MR) is 280 cm³/mol. The van der Waals surface area contributed by atoms with Crippen molar-refractivity contribution < 1.29 is 32.9 Å². The van der Waals surface area contributed by atoms with Crippen molar-refractivity contribution in [3.8, 4) is 16.9 Å². The first-order valence-electron chi connectivity index (χ1n) is 24.1. The van der Waals surface area contributed by atoms with Crippen LogP contribution >= 0.6 is 23.1 Å². The molecule has 6 aromatic rings. The summed E-state index contributed by atoms with van der Waals surface area (Å²) >= 11 is 3.62. The van der Waals surface area contributed by atoms with Crippen LogP contribution in [-0.2, 0) is 21.2 Å². The first-order chi connectivity index (χ1) is 34.5. The number of aromatic nitrogens is 4. The molecule has 3 N–H and O–H groups in total. The molecule has 0 saturated carbocycles. The first kappa shape index (κ1) is 48.9. The highest BCUT2D eigenvalue weighted by atomic mass is 79.9. The Morgan fingerprint density at radius 2 is 1.60 bits per heavy atom. The molecular formula is C52H56BrFN11O6P. The number of imide groups is 2. The first-order valence-corrected chi connectivity index (χ1v) is 27.5. The number of aryl methyl sites for hydroxylation is 1. The molecule has 17 nitrogen and oxygen atoms in total. The number of hydrogen-bond acceptors (Lipinski definition) is 14. The van der Waals surface area contributed by atoms with Gasteiger partial charge in [0.2, 0.25) is 17.8 Å². The summed E-state index contributed by atoms with van der Waals surface area (Å²) in [6.07, 6.45) is 8.18. The average molecular weight is 1060 g/mol. The Hall–Kier alpha value is -6.69.